The van der Waals surface area contributed by atoms with Gasteiger partial charge in [0, 0.05) is 12.1 Å². The Balaban J connectivity index is 1.44. The maximum absolute atomic E-state index is 13.4. The minimum absolute atomic E-state index is 0.00951. The SMILES string of the molecule is O=C1CC(C(=O)OCc2ccc(-c3ccccc3)cc2)c2ccc(F)cc2N1. The van der Waals surface area contributed by atoms with Crippen molar-refractivity contribution in [2.75, 3.05) is 5.32 Å². The van der Waals surface area contributed by atoms with Gasteiger partial charge in [-0.2, -0.15) is 0 Å². The fourth-order valence-corrected chi connectivity index (χ4v) is 3.33. The van der Waals surface area contributed by atoms with E-state index >= 15 is 0 Å². The van der Waals surface area contributed by atoms with E-state index in [0.717, 1.165) is 16.7 Å². The second kappa shape index (κ2) is 7.64. The number of nitrogens with one attached hydrogen (secondary N) is 1. The van der Waals surface area contributed by atoms with Crippen LogP contribution < -0.4 is 5.32 Å². The number of hydrogen-bond acceptors (Lipinski definition) is 3. The zero-order chi connectivity index (χ0) is 19.5. The third-order valence-corrected chi connectivity index (χ3v) is 4.78. The van der Waals surface area contributed by atoms with E-state index < -0.39 is 17.7 Å². The molecule has 1 aliphatic rings. The summed E-state index contributed by atoms with van der Waals surface area (Å²) in [6.45, 7) is 0.114. The molecule has 0 fully saturated rings. The predicted octanol–water partition coefficient (Wildman–Crippen LogP) is 4.66. The van der Waals surface area contributed by atoms with E-state index in [2.05, 4.69) is 5.32 Å². The highest BCUT2D eigenvalue weighted by Gasteiger charge is 2.32. The number of benzene rings is 3. The normalized spacial score (nSPS) is 15.5. The van der Waals surface area contributed by atoms with Gasteiger partial charge in [-0.05, 0) is 34.4 Å². The maximum Gasteiger partial charge on any atom is 0.314 e. The second-order valence-corrected chi connectivity index (χ2v) is 6.71. The molecule has 3 aromatic carbocycles. The summed E-state index contributed by atoms with van der Waals surface area (Å²) in [5, 5.41) is 2.59. The van der Waals surface area contributed by atoms with Gasteiger partial charge in [0.15, 0.2) is 0 Å². The van der Waals surface area contributed by atoms with Gasteiger partial charge in [0.25, 0.3) is 0 Å². The van der Waals surface area contributed by atoms with Crippen molar-refractivity contribution in [1.29, 1.82) is 0 Å². The Morgan fingerprint density at radius 1 is 1.00 bits per heavy atom. The fourth-order valence-electron chi connectivity index (χ4n) is 3.33. The summed E-state index contributed by atoms with van der Waals surface area (Å²) in [6, 6.07) is 21.8. The molecule has 5 heteroatoms. The summed E-state index contributed by atoms with van der Waals surface area (Å²) >= 11 is 0. The number of anilines is 1. The average molecular weight is 375 g/mol. The van der Waals surface area contributed by atoms with Crippen LogP contribution in [0.5, 0.6) is 0 Å². The first kappa shape index (κ1) is 17.9. The van der Waals surface area contributed by atoms with Gasteiger partial charge in [-0.3, -0.25) is 9.59 Å². The second-order valence-electron chi connectivity index (χ2n) is 6.71. The number of esters is 1. The van der Waals surface area contributed by atoms with Crippen LogP contribution in [-0.4, -0.2) is 11.9 Å². The summed E-state index contributed by atoms with van der Waals surface area (Å²) < 4.78 is 18.8. The number of rotatable bonds is 4. The first-order valence-electron chi connectivity index (χ1n) is 9.00. The van der Waals surface area contributed by atoms with Crippen LogP contribution in [0.1, 0.15) is 23.5 Å². The lowest BCUT2D eigenvalue weighted by Crippen LogP contribution is -2.28. The number of amides is 1. The molecule has 0 saturated heterocycles. The Kier molecular flexibility index (Phi) is 4.89. The van der Waals surface area contributed by atoms with Crippen LogP contribution in [0.25, 0.3) is 11.1 Å². The topological polar surface area (TPSA) is 55.4 Å². The summed E-state index contributed by atoms with van der Waals surface area (Å²) in [6.07, 6.45) is -0.00951. The molecule has 0 radical (unpaired) electrons. The number of hydrogen-bond donors (Lipinski definition) is 1. The van der Waals surface area contributed by atoms with Gasteiger partial charge in [-0.25, -0.2) is 4.39 Å². The third kappa shape index (κ3) is 3.78. The van der Waals surface area contributed by atoms with Crippen molar-refractivity contribution in [3.8, 4) is 11.1 Å². The van der Waals surface area contributed by atoms with Crippen LogP contribution in [0, 0.1) is 5.82 Å². The van der Waals surface area contributed by atoms with Gasteiger partial charge < -0.3 is 10.1 Å². The Morgan fingerprint density at radius 3 is 2.46 bits per heavy atom. The van der Waals surface area contributed by atoms with Gasteiger partial charge in [-0.1, -0.05) is 60.7 Å². The highest BCUT2D eigenvalue weighted by atomic mass is 19.1. The molecule has 4 nitrogen and oxygen atoms in total. The first-order valence-corrected chi connectivity index (χ1v) is 9.00. The summed E-state index contributed by atoms with van der Waals surface area (Å²) in [5.41, 5.74) is 3.95. The lowest BCUT2D eigenvalue weighted by Gasteiger charge is -2.24. The number of halogens is 1. The van der Waals surface area contributed by atoms with E-state index in [1.807, 2.05) is 54.6 Å². The third-order valence-electron chi connectivity index (χ3n) is 4.78. The van der Waals surface area contributed by atoms with Crippen molar-refractivity contribution in [1.82, 2.24) is 0 Å². The smallest absolute Gasteiger partial charge is 0.314 e. The molecule has 0 spiro atoms. The van der Waals surface area contributed by atoms with Crippen molar-refractivity contribution in [3.05, 3.63) is 89.7 Å². The molecule has 28 heavy (non-hydrogen) atoms. The van der Waals surface area contributed by atoms with Gasteiger partial charge in [0.2, 0.25) is 5.91 Å². The maximum atomic E-state index is 13.4. The highest BCUT2D eigenvalue weighted by Crippen LogP contribution is 2.33. The molecule has 0 aromatic heterocycles. The molecule has 1 amide bonds. The van der Waals surface area contributed by atoms with Crippen LogP contribution in [0.2, 0.25) is 0 Å². The number of carbonyl (C=O) groups is 2. The van der Waals surface area contributed by atoms with E-state index in [0.29, 0.717) is 11.3 Å². The molecule has 1 aliphatic heterocycles. The standard InChI is InChI=1S/C23H18FNO3/c24-18-10-11-19-20(13-22(26)25-21(19)12-18)23(27)28-14-15-6-8-17(9-7-15)16-4-2-1-3-5-16/h1-12,20H,13-14H2,(H,25,26). The molecule has 140 valence electrons. The van der Waals surface area contributed by atoms with Crippen LogP contribution in [0.15, 0.2) is 72.8 Å². The van der Waals surface area contributed by atoms with Crippen molar-refractivity contribution in [2.24, 2.45) is 0 Å². The van der Waals surface area contributed by atoms with Crippen molar-refractivity contribution < 1.29 is 18.7 Å². The van der Waals surface area contributed by atoms with E-state index in [4.69, 9.17) is 4.74 Å². The lowest BCUT2D eigenvalue weighted by molar-refractivity contribution is -0.148. The van der Waals surface area contributed by atoms with Gasteiger partial charge in [0.05, 0.1) is 5.92 Å². The Morgan fingerprint density at radius 2 is 1.71 bits per heavy atom. The fraction of sp³-hybridized carbons (Fsp3) is 0.130. The molecule has 1 heterocycles. The molecule has 0 bridgehead atoms. The summed E-state index contributed by atoms with van der Waals surface area (Å²) in [4.78, 5) is 24.4. The van der Waals surface area contributed by atoms with Crippen molar-refractivity contribution >= 4 is 17.6 Å². The van der Waals surface area contributed by atoms with Crippen LogP contribution >= 0.6 is 0 Å². The largest absolute Gasteiger partial charge is 0.460 e. The van der Waals surface area contributed by atoms with E-state index in [9.17, 15) is 14.0 Å². The number of carbonyl (C=O) groups excluding carboxylic acids is 2. The number of fused-ring (bicyclic) bond motifs is 1. The van der Waals surface area contributed by atoms with E-state index in [1.54, 1.807) is 0 Å². The van der Waals surface area contributed by atoms with E-state index in [-0.39, 0.29) is 18.9 Å². The molecule has 0 aliphatic carbocycles. The van der Waals surface area contributed by atoms with Gasteiger partial charge in [-0.15, -0.1) is 0 Å². The zero-order valence-electron chi connectivity index (χ0n) is 15.0. The minimum Gasteiger partial charge on any atom is -0.460 e. The molecule has 1 atom stereocenters. The predicted molar refractivity (Wildman–Crippen MR) is 104 cm³/mol. The lowest BCUT2D eigenvalue weighted by atomic mass is 9.90. The Labute approximate surface area is 162 Å². The molecular weight excluding hydrogens is 357 g/mol. The van der Waals surface area contributed by atoms with Crippen LogP contribution in [-0.2, 0) is 20.9 Å². The Bertz CT molecular complexity index is 1020. The van der Waals surface area contributed by atoms with Crippen LogP contribution in [0.4, 0.5) is 10.1 Å². The average Bonchev–Trinajstić information content (AvgIpc) is 2.72. The number of ether oxygens (including phenoxy) is 1. The molecule has 4 rings (SSSR count). The molecule has 1 unspecified atom stereocenters. The molecule has 3 aromatic rings. The van der Waals surface area contributed by atoms with Crippen molar-refractivity contribution in [2.45, 2.75) is 18.9 Å². The van der Waals surface area contributed by atoms with Gasteiger partial charge in [0.1, 0.15) is 12.4 Å². The first-order chi connectivity index (χ1) is 13.6. The zero-order valence-corrected chi connectivity index (χ0v) is 15.0. The van der Waals surface area contributed by atoms with E-state index in [1.165, 1.54) is 18.2 Å². The molecule has 0 saturated carbocycles. The van der Waals surface area contributed by atoms with Crippen molar-refractivity contribution in [3.63, 3.8) is 0 Å². The minimum atomic E-state index is -0.729. The quantitative estimate of drug-likeness (QED) is 0.675. The highest BCUT2D eigenvalue weighted by molar-refractivity contribution is 5.99. The van der Waals surface area contributed by atoms with Crippen LogP contribution in [0.3, 0.4) is 0 Å². The summed E-state index contributed by atoms with van der Waals surface area (Å²) in [5.74, 6) is -2.01. The monoisotopic (exact) mass is 375 g/mol. The Hall–Kier alpha value is -3.47. The molecule has 1 N–H and O–H groups in total. The summed E-state index contributed by atoms with van der Waals surface area (Å²) in [7, 11) is 0. The molecular formula is C23H18FNO3. The van der Waals surface area contributed by atoms with Gasteiger partial charge >= 0.3 is 5.97 Å².